The lowest BCUT2D eigenvalue weighted by Gasteiger charge is -2.26. The highest BCUT2D eigenvalue weighted by atomic mass is 127. The third kappa shape index (κ3) is 3.40. The van der Waals surface area contributed by atoms with Crippen molar-refractivity contribution in [2.24, 2.45) is 5.92 Å². The second-order valence-electron chi connectivity index (χ2n) is 4.60. The quantitative estimate of drug-likeness (QED) is 0.773. The molecule has 2 amide bonds. The molecule has 1 saturated heterocycles. The number of carbonyl (C=O) groups excluding carboxylic acids is 1. The summed E-state index contributed by atoms with van der Waals surface area (Å²) in [7, 11) is 1.58. The van der Waals surface area contributed by atoms with Crippen LogP contribution in [0.2, 0.25) is 0 Å². The van der Waals surface area contributed by atoms with Gasteiger partial charge in [-0.05, 0) is 46.9 Å². The zero-order valence-electron chi connectivity index (χ0n) is 10.9. The van der Waals surface area contributed by atoms with Gasteiger partial charge in [0.25, 0.3) is 0 Å². The summed E-state index contributed by atoms with van der Waals surface area (Å²) in [6, 6.07) is 6.58. The van der Waals surface area contributed by atoms with Crippen molar-refractivity contribution in [3.05, 3.63) is 27.8 Å². The Morgan fingerprint density at radius 1 is 1.35 bits per heavy atom. The summed E-state index contributed by atoms with van der Waals surface area (Å²) in [4.78, 5) is 24.6. The van der Waals surface area contributed by atoms with Gasteiger partial charge >= 0.3 is 12.0 Å². The van der Waals surface area contributed by atoms with Gasteiger partial charge in [-0.15, -0.1) is 0 Å². The first-order chi connectivity index (χ1) is 9.49. The molecular weight excluding hydrogens is 375 g/mol. The van der Waals surface area contributed by atoms with Crippen molar-refractivity contribution in [3.63, 3.8) is 0 Å². The molecule has 6 nitrogen and oxygen atoms in total. The van der Waals surface area contributed by atoms with Crippen molar-refractivity contribution in [3.8, 4) is 0 Å². The Morgan fingerprint density at radius 2 is 2.00 bits per heavy atom. The Labute approximate surface area is 130 Å². The number of hydrogen-bond acceptors (Lipinski definition) is 3. The van der Waals surface area contributed by atoms with Crippen LogP contribution in [-0.4, -0.2) is 48.3 Å². The predicted molar refractivity (Wildman–Crippen MR) is 81.7 cm³/mol. The van der Waals surface area contributed by atoms with Gasteiger partial charge in [0.2, 0.25) is 0 Å². The van der Waals surface area contributed by atoms with Crippen LogP contribution in [0.15, 0.2) is 24.3 Å². The molecule has 2 atom stereocenters. The molecular formula is C13H15IN2O4. The molecule has 0 spiro atoms. The van der Waals surface area contributed by atoms with Crippen LogP contribution < -0.4 is 5.32 Å². The maximum absolute atomic E-state index is 12.1. The smallest absolute Gasteiger partial charge is 0.321 e. The Kier molecular flexibility index (Phi) is 4.81. The van der Waals surface area contributed by atoms with Gasteiger partial charge in [-0.2, -0.15) is 0 Å². The number of aliphatic carboxylic acids is 1. The molecule has 108 valence electrons. The largest absolute Gasteiger partial charge is 0.481 e. The zero-order valence-corrected chi connectivity index (χ0v) is 13.0. The van der Waals surface area contributed by atoms with Crippen LogP contribution >= 0.6 is 22.6 Å². The number of ether oxygens (including phenoxy) is 1. The molecule has 7 heteroatoms. The first-order valence-corrected chi connectivity index (χ1v) is 7.17. The lowest BCUT2D eigenvalue weighted by atomic mass is 10.0. The SMILES string of the molecule is CN(C(=O)Nc1ccc(I)cc1)C1COCC1C(=O)O. The van der Waals surface area contributed by atoms with E-state index in [4.69, 9.17) is 9.84 Å². The minimum atomic E-state index is -0.943. The number of urea groups is 1. The normalized spacial score (nSPS) is 21.5. The number of likely N-dealkylation sites (N-methyl/N-ethyl adjacent to an activating group) is 1. The number of amides is 2. The first-order valence-electron chi connectivity index (χ1n) is 6.09. The van der Waals surface area contributed by atoms with Crippen LogP contribution in [0.5, 0.6) is 0 Å². The third-order valence-corrected chi connectivity index (χ3v) is 4.00. The van der Waals surface area contributed by atoms with Crippen molar-refractivity contribution in [1.82, 2.24) is 4.90 Å². The van der Waals surface area contributed by atoms with E-state index in [9.17, 15) is 9.59 Å². The molecule has 2 unspecified atom stereocenters. The molecule has 1 aliphatic rings. The average molecular weight is 390 g/mol. The second kappa shape index (κ2) is 6.40. The molecule has 0 aliphatic carbocycles. The minimum absolute atomic E-state index is 0.140. The molecule has 1 aromatic carbocycles. The summed E-state index contributed by atoms with van der Waals surface area (Å²) in [5, 5.41) is 11.8. The zero-order chi connectivity index (χ0) is 14.7. The van der Waals surface area contributed by atoms with E-state index in [-0.39, 0.29) is 19.2 Å². The molecule has 20 heavy (non-hydrogen) atoms. The molecule has 1 heterocycles. The molecule has 2 N–H and O–H groups in total. The van der Waals surface area contributed by atoms with E-state index >= 15 is 0 Å². The van der Waals surface area contributed by atoms with Crippen LogP contribution in [0, 0.1) is 9.49 Å². The summed E-state index contributed by atoms with van der Waals surface area (Å²) in [6.07, 6.45) is 0. The van der Waals surface area contributed by atoms with Gasteiger partial charge in [-0.3, -0.25) is 4.79 Å². The Bertz CT molecular complexity index is 506. The third-order valence-electron chi connectivity index (χ3n) is 3.28. The maximum Gasteiger partial charge on any atom is 0.321 e. The molecule has 0 bridgehead atoms. The van der Waals surface area contributed by atoms with E-state index in [1.807, 2.05) is 12.1 Å². The summed E-state index contributed by atoms with van der Waals surface area (Å²) >= 11 is 2.18. The number of hydrogen-bond donors (Lipinski definition) is 2. The molecule has 0 saturated carbocycles. The van der Waals surface area contributed by atoms with Crippen molar-refractivity contribution in [2.75, 3.05) is 25.6 Å². The highest BCUT2D eigenvalue weighted by Crippen LogP contribution is 2.20. The molecule has 0 radical (unpaired) electrons. The summed E-state index contributed by atoms with van der Waals surface area (Å²) in [6.45, 7) is 0.384. The Morgan fingerprint density at radius 3 is 2.60 bits per heavy atom. The molecule has 1 fully saturated rings. The molecule has 1 aliphatic heterocycles. The van der Waals surface area contributed by atoms with E-state index in [0.717, 1.165) is 3.57 Å². The van der Waals surface area contributed by atoms with Gasteiger partial charge in [0.05, 0.1) is 19.3 Å². The number of carbonyl (C=O) groups is 2. The van der Waals surface area contributed by atoms with Gasteiger partial charge in [-0.1, -0.05) is 0 Å². The standard InChI is InChI=1S/C13H15IN2O4/c1-16(11-7-20-6-10(11)12(17)18)13(19)15-9-4-2-8(14)3-5-9/h2-5,10-11H,6-7H2,1H3,(H,15,19)(H,17,18). The average Bonchev–Trinajstić information content (AvgIpc) is 2.90. The Balaban J connectivity index is 2.01. The lowest BCUT2D eigenvalue weighted by molar-refractivity contribution is -0.142. The fourth-order valence-electron chi connectivity index (χ4n) is 2.06. The van der Waals surface area contributed by atoms with Crippen LogP contribution in [0.4, 0.5) is 10.5 Å². The van der Waals surface area contributed by atoms with Gasteiger partial charge in [0.15, 0.2) is 0 Å². The van der Waals surface area contributed by atoms with Gasteiger partial charge in [-0.25, -0.2) is 4.79 Å². The summed E-state index contributed by atoms with van der Waals surface area (Å²) in [5.74, 6) is -1.62. The predicted octanol–water partition coefficient (Wildman–Crippen LogP) is 1.85. The minimum Gasteiger partial charge on any atom is -0.481 e. The van der Waals surface area contributed by atoms with E-state index in [2.05, 4.69) is 27.9 Å². The van der Waals surface area contributed by atoms with E-state index in [1.165, 1.54) is 4.90 Å². The molecule has 0 aromatic heterocycles. The highest BCUT2D eigenvalue weighted by Gasteiger charge is 2.38. The fourth-order valence-corrected chi connectivity index (χ4v) is 2.42. The van der Waals surface area contributed by atoms with Crippen LogP contribution in [0.1, 0.15) is 0 Å². The number of carboxylic acids is 1. The maximum atomic E-state index is 12.1. The molecule has 1 aromatic rings. The number of anilines is 1. The van der Waals surface area contributed by atoms with Gasteiger partial charge in [0.1, 0.15) is 5.92 Å². The topological polar surface area (TPSA) is 78.9 Å². The van der Waals surface area contributed by atoms with Crippen molar-refractivity contribution >= 4 is 40.3 Å². The number of halogens is 1. The fraction of sp³-hybridized carbons (Fsp3) is 0.385. The van der Waals surface area contributed by atoms with E-state index in [1.54, 1.807) is 19.2 Å². The van der Waals surface area contributed by atoms with Gasteiger partial charge in [0, 0.05) is 16.3 Å². The highest BCUT2D eigenvalue weighted by molar-refractivity contribution is 14.1. The number of rotatable bonds is 3. The van der Waals surface area contributed by atoms with Crippen LogP contribution in [0.25, 0.3) is 0 Å². The van der Waals surface area contributed by atoms with Gasteiger partial charge < -0.3 is 20.1 Å². The second-order valence-corrected chi connectivity index (χ2v) is 5.84. The summed E-state index contributed by atoms with van der Waals surface area (Å²) < 4.78 is 6.24. The Hall–Kier alpha value is -1.35. The van der Waals surface area contributed by atoms with E-state index in [0.29, 0.717) is 5.69 Å². The number of nitrogens with one attached hydrogen (secondary N) is 1. The monoisotopic (exact) mass is 390 g/mol. The van der Waals surface area contributed by atoms with E-state index < -0.39 is 17.9 Å². The number of carboxylic acid groups (broad SMARTS) is 1. The summed E-state index contributed by atoms with van der Waals surface area (Å²) in [5.41, 5.74) is 0.674. The van der Waals surface area contributed by atoms with Crippen LogP contribution in [-0.2, 0) is 9.53 Å². The number of nitrogens with zero attached hydrogens (tertiary/aromatic N) is 1. The van der Waals surface area contributed by atoms with Crippen LogP contribution in [0.3, 0.4) is 0 Å². The lowest BCUT2D eigenvalue weighted by Crippen LogP contribution is -2.45. The van der Waals surface area contributed by atoms with Crippen molar-refractivity contribution < 1.29 is 19.4 Å². The first kappa shape index (κ1) is 15.0. The molecule has 2 rings (SSSR count). The number of benzene rings is 1. The van der Waals surface area contributed by atoms with Crippen molar-refractivity contribution in [1.29, 1.82) is 0 Å². The van der Waals surface area contributed by atoms with Crippen molar-refractivity contribution in [2.45, 2.75) is 6.04 Å².